The fourth-order valence-corrected chi connectivity index (χ4v) is 1.50. The Labute approximate surface area is 92.6 Å². The molecule has 7 heteroatoms. The molecule has 84 valence electrons. The van der Waals surface area contributed by atoms with Crippen molar-refractivity contribution in [1.82, 2.24) is 4.98 Å². The number of ether oxygens (including phenoxy) is 1. The summed E-state index contributed by atoms with van der Waals surface area (Å²) in [6.07, 6.45) is 1.70. The van der Waals surface area contributed by atoms with Crippen LogP contribution in [0.5, 0.6) is 0 Å². The second-order valence-corrected chi connectivity index (χ2v) is 3.44. The van der Waals surface area contributed by atoms with E-state index in [-0.39, 0.29) is 0 Å². The van der Waals surface area contributed by atoms with Gasteiger partial charge in [-0.2, -0.15) is 0 Å². The van der Waals surface area contributed by atoms with E-state index in [0.29, 0.717) is 24.4 Å². The van der Waals surface area contributed by atoms with Gasteiger partial charge in [-0.15, -0.1) is 0 Å². The highest BCUT2D eigenvalue weighted by atomic mass is 16.6. The maximum atomic E-state index is 11.4. The highest BCUT2D eigenvalue weighted by Gasteiger charge is 2.23. The predicted octanol–water partition coefficient (Wildman–Crippen LogP) is -0.892. The van der Waals surface area contributed by atoms with Crippen LogP contribution in [0.1, 0.15) is 6.42 Å². The standard InChI is InChI=1S/C9H11BN2O4/c13-9-12(4-1-5-16-9)8-6-7(10(14)15)2-3-11-8/h2-3,6,14-15H,1,4-5H2. The number of rotatable bonds is 2. The molecule has 0 bridgehead atoms. The number of hydrogen-bond acceptors (Lipinski definition) is 5. The second-order valence-electron chi connectivity index (χ2n) is 3.44. The first kappa shape index (κ1) is 10.9. The summed E-state index contributed by atoms with van der Waals surface area (Å²) in [5.74, 6) is 0.371. The molecule has 1 aromatic heterocycles. The number of carbonyl (C=O) groups is 1. The smallest absolute Gasteiger partial charge is 0.449 e. The molecular weight excluding hydrogens is 211 g/mol. The van der Waals surface area contributed by atoms with Crippen LogP contribution in [-0.4, -0.2) is 41.4 Å². The summed E-state index contributed by atoms with van der Waals surface area (Å²) in [5, 5.41) is 18.0. The third-order valence-electron chi connectivity index (χ3n) is 2.32. The Morgan fingerprint density at radius 2 is 2.31 bits per heavy atom. The Balaban J connectivity index is 2.25. The van der Waals surface area contributed by atoms with Crippen molar-refractivity contribution in [1.29, 1.82) is 0 Å². The van der Waals surface area contributed by atoms with Gasteiger partial charge in [-0.25, -0.2) is 9.78 Å². The third-order valence-corrected chi connectivity index (χ3v) is 2.32. The molecule has 6 nitrogen and oxygen atoms in total. The number of anilines is 1. The lowest BCUT2D eigenvalue weighted by Crippen LogP contribution is -2.39. The fourth-order valence-electron chi connectivity index (χ4n) is 1.50. The van der Waals surface area contributed by atoms with Crippen LogP contribution < -0.4 is 10.4 Å². The monoisotopic (exact) mass is 222 g/mol. The van der Waals surface area contributed by atoms with Crippen molar-refractivity contribution in [2.45, 2.75) is 6.42 Å². The number of cyclic esters (lactones) is 1. The molecule has 2 N–H and O–H groups in total. The van der Waals surface area contributed by atoms with Gasteiger partial charge in [0.05, 0.1) is 6.61 Å². The highest BCUT2D eigenvalue weighted by Crippen LogP contribution is 2.14. The van der Waals surface area contributed by atoms with Crippen molar-refractivity contribution in [3.05, 3.63) is 18.3 Å². The molecule has 1 aromatic rings. The molecule has 0 aromatic carbocycles. The number of aromatic nitrogens is 1. The maximum absolute atomic E-state index is 11.4. The van der Waals surface area contributed by atoms with Gasteiger partial charge in [0.1, 0.15) is 5.82 Å². The van der Waals surface area contributed by atoms with E-state index >= 15 is 0 Å². The Morgan fingerprint density at radius 1 is 1.50 bits per heavy atom. The first-order valence-corrected chi connectivity index (χ1v) is 4.95. The zero-order valence-electron chi connectivity index (χ0n) is 8.54. The van der Waals surface area contributed by atoms with E-state index in [4.69, 9.17) is 14.8 Å². The molecule has 2 heterocycles. The van der Waals surface area contributed by atoms with Gasteiger partial charge in [0.2, 0.25) is 0 Å². The molecule has 1 fully saturated rings. The van der Waals surface area contributed by atoms with Gasteiger partial charge in [-0.3, -0.25) is 4.90 Å². The quantitative estimate of drug-likeness (QED) is 0.634. The Morgan fingerprint density at radius 3 is 3.00 bits per heavy atom. The van der Waals surface area contributed by atoms with Gasteiger partial charge >= 0.3 is 13.2 Å². The van der Waals surface area contributed by atoms with E-state index in [0.717, 1.165) is 6.42 Å². The van der Waals surface area contributed by atoms with E-state index in [2.05, 4.69) is 4.98 Å². The lowest BCUT2D eigenvalue weighted by atomic mass is 9.81. The zero-order valence-corrected chi connectivity index (χ0v) is 8.54. The molecule has 1 aliphatic heterocycles. The number of amides is 1. The SMILES string of the molecule is O=C1OCCCN1c1cc(B(O)O)ccn1. The molecule has 1 aliphatic rings. The van der Waals surface area contributed by atoms with Crippen LogP contribution in [0.3, 0.4) is 0 Å². The average molecular weight is 222 g/mol. The number of pyridine rings is 1. The molecule has 1 saturated heterocycles. The third kappa shape index (κ3) is 2.15. The lowest BCUT2D eigenvalue weighted by Gasteiger charge is -2.25. The summed E-state index contributed by atoms with van der Waals surface area (Å²) < 4.78 is 4.87. The summed E-state index contributed by atoms with van der Waals surface area (Å²) in [6, 6.07) is 2.93. The van der Waals surface area contributed by atoms with Gasteiger partial charge in [-0.05, 0) is 24.0 Å². The van der Waals surface area contributed by atoms with Crippen molar-refractivity contribution in [3.63, 3.8) is 0 Å². The molecule has 0 aliphatic carbocycles. The predicted molar refractivity (Wildman–Crippen MR) is 57.4 cm³/mol. The summed E-state index contributed by atoms with van der Waals surface area (Å²) in [7, 11) is -1.57. The van der Waals surface area contributed by atoms with Crippen molar-refractivity contribution >= 4 is 24.5 Å². The van der Waals surface area contributed by atoms with Crippen molar-refractivity contribution in [2.24, 2.45) is 0 Å². The van der Waals surface area contributed by atoms with E-state index in [1.807, 2.05) is 0 Å². The van der Waals surface area contributed by atoms with E-state index in [9.17, 15) is 4.79 Å². The summed E-state index contributed by atoms with van der Waals surface area (Å²) in [4.78, 5) is 16.8. The van der Waals surface area contributed by atoms with Crippen LogP contribution in [-0.2, 0) is 4.74 Å². The van der Waals surface area contributed by atoms with Gasteiger partial charge in [-0.1, -0.05) is 0 Å². The van der Waals surface area contributed by atoms with Gasteiger partial charge in [0, 0.05) is 12.7 Å². The van der Waals surface area contributed by atoms with Crippen molar-refractivity contribution < 1.29 is 19.6 Å². The van der Waals surface area contributed by atoms with E-state index in [1.54, 1.807) is 0 Å². The summed E-state index contributed by atoms with van der Waals surface area (Å²) in [5.41, 5.74) is 0.295. The normalized spacial score (nSPS) is 15.9. The highest BCUT2D eigenvalue weighted by molar-refractivity contribution is 6.58. The molecule has 0 spiro atoms. The number of carbonyl (C=O) groups excluding carboxylic acids is 1. The van der Waals surface area contributed by atoms with Crippen molar-refractivity contribution in [3.8, 4) is 0 Å². The number of nitrogens with zero attached hydrogens (tertiary/aromatic N) is 2. The largest absolute Gasteiger partial charge is 0.488 e. The minimum atomic E-state index is -1.57. The molecule has 2 rings (SSSR count). The van der Waals surface area contributed by atoms with Gasteiger partial charge in [0.25, 0.3) is 0 Å². The van der Waals surface area contributed by atoms with Crippen LogP contribution in [0.15, 0.2) is 18.3 Å². The van der Waals surface area contributed by atoms with Crippen LogP contribution in [0.4, 0.5) is 10.6 Å². The minimum absolute atomic E-state index is 0.295. The average Bonchev–Trinajstić information content (AvgIpc) is 2.30. The van der Waals surface area contributed by atoms with E-state index in [1.165, 1.54) is 23.2 Å². The lowest BCUT2D eigenvalue weighted by molar-refractivity contribution is 0.140. The molecule has 0 unspecified atom stereocenters. The summed E-state index contributed by atoms with van der Waals surface area (Å²) in [6.45, 7) is 0.939. The summed E-state index contributed by atoms with van der Waals surface area (Å²) >= 11 is 0. The molecule has 0 atom stereocenters. The fraction of sp³-hybridized carbons (Fsp3) is 0.333. The Kier molecular flexibility index (Phi) is 3.07. The molecule has 16 heavy (non-hydrogen) atoms. The van der Waals surface area contributed by atoms with Crippen LogP contribution >= 0.6 is 0 Å². The Hall–Kier alpha value is -1.60. The Bertz CT molecular complexity index is 399. The maximum Gasteiger partial charge on any atom is 0.488 e. The van der Waals surface area contributed by atoms with Crippen LogP contribution in [0.25, 0.3) is 0 Å². The number of hydrogen-bond donors (Lipinski definition) is 2. The minimum Gasteiger partial charge on any atom is -0.449 e. The second kappa shape index (κ2) is 4.50. The molecule has 0 radical (unpaired) electrons. The first-order chi connectivity index (χ1) is 7.68. The first-order valence-electron chi connectivity index (χ1n) is 4.95. The topological polar surface area (TPSA) is 82.9 Å². The van der Waals surface area contributed by atoms with Crippen LogP contribution in [0, 0.1) is 0 Å². The zero-order chi connectivity index (χ0) is 11.5. The van der Waals surface area contributed by atoms with E-state index < -0.39 is 13.2 Å². The van der Waals surface area contributed by atoms with Gasteiger partial charge in [0.15, 0.2) is 0 Å². The molecular formula is C9H11BN2O4. The van der Waals surface area contributed by atoms with Crippen molar-refractivity contribution in [2.75, 3.05) is 18.1 Å². The molecule has 0 saturated carbocycles. The van der Waals surface area contributed by atoms with Gasteiger partial charge < -0.3 is 14.8 Å². The van der Waals surface area contributed by atoms with Crippen LogP contribution in [0.2, 0.25) is 0 Å². The molecule has 1 amide bonds.